The van der Waals surface area contributed by atoms with Gasteiger partial charge in [-0.2, -0.15) is 35.9 Å². The Hall–Kier alpha value is -6.96. The third-order valence-electron chi connectivity index (χ3n) is 11.8. The third-order valence-corrected chi connectivity index (χ3v) is 11.8. The zero-order valence-electron chi connectivity index (χ0n) is 35.8. The minimum absolute atomic E-state index is 0. The van der Waals surface area contributed by atoms with E-state index in [9.17, 15) is 0 Å². The van der Waals surface area contributed by atoms with Gasteiger partial charge in [-0.25, -0.2) is 15.5 Å². The van der Waals surface area contributed by atoms with Crippen molar-refractivity contribution in [3.05, 3.63) is 236 Å². The molecule has 0 saturated carbocycles. The smallest absolute Gasteiger partial charge is 0.264 e. The molecule has 64 heavy (non-hydrogen) atoms. The largest absolute Gasteiger partial charge is 2.00 e. The number of rotatable bonds is 10. The number of nitrogens with zero attached hydrogens (tertiary/aromatic N) is 3. The molecule has 0 radical (unpaired) electrons. The molecule has 4 heteroatoms. The number of hydrogen-bond donors (Lipinski definition) is 0. The van der Waals surface area contributed by atoms with E-state index >= 15 is 0 Å². The Morgan fingerprint density at radius 1 is 0.438 bits per heavy atom. The van der Waals surface area contributed by atoms with Crippen LogP contribution in [-0.4, -0.2) is 15.0 Å². The second-order valence-electron chi connectivity index (χ2n) is 15.7. The van der Waals surface area contributed by atoms with E-state index in [0.29, 0.717) is 5.82 Å². The van der Waals surface area contributed by atoms with Crippen molar-refractivity contribution in [1.29, 1.82) is 0 Å². The summed E-state index contributed by atoms with van der Waals surface area (Å²) in [6, 6.07) is 77.7. The predicted octanol–water partition coefficient (Wildman–Crippen LogP) is 15.3. The van der Waals surface area contributed by atoms with Crippen LogP contribution < -0.4 is 0 Å². The van der Waals surface area contributed by atoms with Gasteiger partial charge in [-0.15, -0.1) is 29.3 Å². The van der Waals surface area contributed by atoms with Crippen LogP contribution in [0.5, 0.6) is 0 Å². The van der Waals surface area contributed by atoms with Crippen molar-refractivity contribution in [1.82, 2.24) is 15.0 Å². The summed E-state index contributed by atoms with van der Waals surface area (Å²) in [5, 5.41) is 0. The predicted molar refractivity (Wildman–Crippen MR) is 261 cm³/mol. The van der Waals surface area contributed by atoms with E-state index in [1.165, 1.54) is 27.8 Å². The summed E-state index contributed by atoms with van der Waals surface area (Å²) in [4.78, 5) is 14.6. The minimum Gasteiger partial charge on any atom is -0.264 e. The van der Waals surface area contributed by atoms with Crippen LogP contribution in [0.25, 0.3) is 101 Å². The van der Waals surface area contributed by atoms with Crippen LogP contribution >= 0.6 is 0 Å². The molecule has 0 amide bonds. The van der Waals surface area contributed by atoms with E-state index in [0.717, 1.165) is 84.6 Å². The van der Waals surface area contributed by atoms with Crippen LogP contribution in [0.3, 0.4) is 0 Å². The van der Waals surface area contributed by atoms with Gasteiger partial charge in [0, 0.05) is 29.1 Å². The molecule has 0 fully saturated rings. The Balaban J connectivity index is 0.00000518. The number of aromatic nitrogens is 3. The summed E-state index contributed by atoms with van der Waals surface area (Å²) >= 11 is 0. The van der Waals surface area contributed by atoms with E-state index in [1.54, 1.807) is 6.20 Å². The Morgan fingerprint density at radius 3 is 1.67 bits per heavy atom. The molecular formula is C60H43N3U. The van der Waals surface area contributed by atoms with E-state index in [2.05, 4.69) is 195 Å². The first-order valence-electron chi connectivity index (χ1n) is 21.5. The van der Waals surface area contributed by atoms with Crippen molar-refractivity contribution < 1.29 is 31.1 Å². The van der Waals surface area contributed by atoms with Gasteiger partial charge in [0.25, 0.3) is 0 Å². The number of benzene rings is 8. The minimum atomic E-state index is 0. The third kappa shape index (κ3) is 8.81. The quantitative estimate of drug-likeness (QED) is 0.128. The van der Waals surface area contributed by atoms with Gasteiger partial charge in [0.1, 0.15) is 0 Å². The number of aryl methyl sites for hydroxylation is 1. The average Bonchev–Trinajstić information content (AvgIpc) is 3.37. The van der Waals surface area contributed by atoms with Gasteiger partial charge < -0.3 is 0 Å². The molecule has 0 N–H and O–H groups in total. The second kappa shape index (κ2) is 19.2. The topological polar surface area (TPSA) is 38.7 Å². The normalized spacial score (nSPS) is 10.9. The summed E-state index contributed by atoms with van der Waals surface area (Å²) in [5.74, 6) is 0.680. The molecule has 2 aromatic heterocycles. The van der Waals surface area contributed by atoms with E-state index in [-0.39, 0.29) is 31.1 Å². The summed E-state index contributed by atoms with van der Waals surface area (Å²) < 4.78 is 0. The van der Waals surface area contributed by atoms with Gasteiger partial charge in [0.15, 0.2) is 5.82 Å². The molecule has 302 valence electrons. The summed E-state index contributed by atoms with van der Waals surface area (Å²) in [6.45, 7) is 4.43. The average molecular weight is 1040 g/mol. The summed E-state index contributed by atoms with van der Waals surface area (Å²) in [6.07, 6.45) is 4.60. The molecule has 0 unspecified atom stereocenters. The van der Waals surface area contributed by atoms with E-state index in [4.69, 9.17) is 9.97 Å². The van der Waals surface area contributed by atoms with Crippen LogP contribution in [0, 0.1) is 50.2 Å². The maximum Gasteiger partial charge on any atom is 2.00 e. The molecule has 0 aliphatic heterocycles. The summed E-state index contributed by atoms with van der Waals surface area (Å²) in [7, 11) is 0. The first-order valence-corrected chi connectivity index (χ1v) is 21.5. The molecule has 0 aliphatic carbocycles. The van der Waals surface area contributed by atoms with Crippen LogP contribution in [0.4, 0.5) is 0 Å². The fourth-order valence-corrected chi connectivity index (χ4v) is 8.50. The van der Waals surface area contributed by atoms with Gasteiger partial charge in [-0.05, 0) is 64.4 Å². The summed E-state index contributed by atoms with van der Waals surface area (Å²) in [5.41, 5.74) is 20.9. The standard InChI is InChI=1S/C60H43N3.U/c1-3-52-54(21-12-22-56(52)53-20-11-10-14-41(53)2)50-35-36-55(57(38-50)45-15-6-4-7-16-45)46-29-31-48(32-30-46)59-39-58(47-17-8-5-9-18-47)62-60(63-59)49-33-27-43(28-34-49)42-23-25-44(26-24-42)51-19-13-37-61-40-51;/h4-15,17-37,39-40H,3H2,1-2H3;/q-2;+2. The zero-order chi connectivity index (χ0) is 42.5. The molecule has 0 bridgehead atoms. The van der Waals surface area contributed by atoms with Crippen LogP contribution in [-0.2, 0) is 6.42 Å². The van der Waals surface area contributed by atoms with Crippen molar-refractivity contribution in [3.8, 4) is 101 Å². The van der Waals surface area contributed by atoms with E-state index < -0.39 is 0 Å². The molecule has 3 nitrogen and oxygen atoms in total. The molecule has 0 spiro atoms. The molecule has 10 rings (SSSR count). The maximum absolute atomic E-state index is 5.18. The zero-order valence-corrected chi connectivity index (χ0v) is 39.9. The van der Waals surface area contributed by atoms with Gasteiger partial charge in [-0.1, -0.05) is 175 Å². The molecule has 0 saturated heterocycles. The Labute approximate surface area is 400 Å². The molecule has 0 aliphatic rings. The molecule has 2 heterocycles. The first kappa shape index (κ1) is 42.3. The molecular weight excluding hydrogens is 1000 g/mol. The Bertz CT molecular complexity index is 3170. The molecule has 10 aromatic rings. The van der Waals surface area contributed by atoms with Gasteiger partial charge in [-0.3, -0.25) is 4.98 Å². The van der Waals surface area contributed by atoms with Crippen molar-refractivity contribution in [2.75, 3.05) is 0 Å². The maximum atomic E-state index is 5.18. The Morgan fingerprint density at radius 2 is 1.02 bits per heavy atom. The Kier molecular flexibility index (Phi) is 12.7. The van der Waals surface area contributed by atoms with Gasteiger partial charge in [0.2, 0.25) is 0 Å². The number of hydrogen-bond acceptors (Lipinski definition) is 3. The fraction of sp³-hybridized carbons (Fsp3) is 0.0500. The van der Waals surface area contributed by atoms with Gasteiger partial charge >= 0.3 is 31.1 Å². The van der Waals surface area contributed by atoms with Crippen molar-refractivity contribution >= 4 is 0 Å². The van der Waals surface area contributed by atoms with Gasteiger partial charge in [0.05, 0.1) is 11.4 Å². The fourth-order valence-electron chi connectivity index (χ4n) is 8.50. The monoisotopic (exact) mass is 1040 g/mol. The van der Waals surface area contributed by atoms with Crippen LogP contribution in [0.2, 0.25) is 0 Å². The van der Waals surface area contributed by atoms with Crippen LogP contribution in [0.15, 0.2) is 213 Å². The SMILES string of the molecule is CCc1c(-c2[c-]c(-c3[c-]cccc3)c(-c3ccc(-c4cc(-c5ccccc5)nc(-c5ccc(-c6ccc(-c7cccnc7)cc6)cc5)n4)cc3)cc2)cccc1-c1ccccc1C.[U+2]. The molecule has 0 atom stereocenters. The van der Waals surface area contributed by atoms with Crippen molar-refractivity contribution in [2.24, 2.45) is 0 Å². The van der Waals surface area contributed by atoms with Crippen molar-refractivity contribution in [2.45, 2.75) is 20.3 Å². The number of pyridine rings is 1. The first-order chi connectivity index (χ1) is 31.1. The van der Waals surface area contributed by atoms with E-state index in [1.807, 2.05) is 42.6 Å². The molecule has 8 aromatic carbocycles. The van der Waals surface area contributed by atoms with Crippen molar-refractivity contribution in [3.63, 3.8) is 0 Å². The second-order valence-corrected chi connectivity index (χ2v) is 15.7. The van der Waals surface area contributed by atoms with Crippen LogP contribution in [0.1, 0.15) is 18.1 Å².